The summed E-state index contributed by atoms with van der Waals surface area (Å²) < 4.78 is 2.64. The van der Waals surface area contributed by atoms with Gasteiger partial charge in [-0.25, -0.2) is 0 Å². The van der Waals surface area contributed by atoms with Crippen molar-refractivity contribution in [3.05, 3.63) is 212 Å². The highest BCUT2D eigenvalue weighted by Gasteiger charge is 2.16. The summed E-state index contributed by atoms with van der Waals surface area (Å²) in [7, 11) is 0. The number of nitrogens with zero attached hydrogens (tertiary/aromatic N) is 1. The second kappa shape index (κ2) is 13.4. The van der Waals surface area contributed by atoms with Crippen LogP contribution in [0.25, 0.3) is 85.9 Å². The van der Waals surface area contributed by atoms with Gasteiger partial charge in [0.25, 0.3) is 0 Å². The van der Waals surface area contributed by atoms with Gasteiger partial charge in [-0.15, -0.1) is 11.3 Å². The third kappa shape index (κ3) is 5.62. The highest BCUT2D eigenvalue weighted by molar-refractivity contribution is 7.25. The summed E-state index contributed by atoms with van der Waals surface area (Å²) in [6.45, 7) is 0. The van der Waals surface area contributed by atoms with Crippen molar-refractivity contribution in [3.8, 4) is 33.4 Å². The lowest BCUT2D eigenvalue weighted by Crippen LogP contribution is -2.10. The molecular formula is C54H35NS. The number of hydrogen-bond donors (Lipinski definition) is 0. The number of rotatable bonds is 6. The van der Waals surface area contributed by atoms with E-state index in [1.165, 1.54) is 85.9 Å². The Balaban J connectivity index is 1.01. The quantitative estimate of drug-likeness (QED) is 0.154. The molecule has 0 unspecified atom stereocenters. The van der Waals surface area contributed by atoms with Gasteiger partial charge in [-0.1, -0.05) is 152 Å². The van der Waals surface area contributed by atoms with Gasteiger partial charge in [0, 0.05) is 37.2 Å². The van der Waals surface area contributed by atoms with Crippen LogP contribution in [0, 0.1) is 0 Å². The first-order valence-corrected chi connectivity index (χ1v) is 20.0. The molecule has 0 spiro atoms. The highest BCUT2D eigenvalue weighted by Crippen LogP contribution is 2.42. The Morgan fingerprint density at radius 1 is 0.268 bits per heavy atom. The summed E-state index contributed by atoms with van der Waals surface area (Å²) in [6.07, 6.45) is 0. The fourth-order valence-corrected chi connectivity index (χ4v) is 9.57. The molecule has 2 heteroatoms. The van der Waals surface area contributed by atoms with Crippen molar-refractivity contribution >= 4 is 80.9 Å². The van der Waals surface area contributed by atoms with E-state index in [9.17, 15) is 0 Å². The highest BCUT2D eigenvalue weighted by atomic mass is 32.1. The Kier molecular flexibility index (Phi) is 7.75. The van der Waals surface area contributed by atoms with Crippen molar-refractivity contribution in [2.24, 2.45) is 0 Å². The minimum Gasteiger partial charge on any atom is -0.310 e. The Bertz CT molecular complexity index is 3230. The van der Waals surface area contributed by atoms with Gasteiger partial charge in [-0.2, -0.15) is 0 Å². The molecule has 0 amide bonds. The molecule has 0 aliphatic rings. The van der Waals surface area contributed by atoms with Crippen LogP contribution in [0.4, 0.5) is 17.1 Å². The second-order valence-electron chi connectivity index (χ2n) is 14.5. The molecule has 0 atom stereocenters. The van der Waals surface area contributed by atoms with Gasteiger partial charge in [-0.3, -0.25) is 0 Å². The second-order valence-corrected chi connectivity index (χ2v) is 15.6. The van der Waals surface area contributed by atoms with Crippen molar-refractivity contribution < 1.29 is 0 Å². The van der Waals surface area contributed by atoms with Crippen LogP contribution in [0.2, 0.25) is 0 Å². The summed E-state index contributed by atoms with van der Waals surface area (Å²) in [4.78, 5) is 2.39. The van der Waals surface area contributed by atoms with E-state index in [0.717, 1.165) is 17.1 Å². The predicted molar refractivity (Wildman–Crippen MR) is 243 cm³/mol. The first-order valence-electron chi connectivity index (χ1n) is 19.2. The van der Waals surface area contributed by atoms with Crippen LogP contribution in [-0.2, 0) is 0 Å². The fourth-order valence-electron chi connectivity index (χ4n) is 8.44. The molecule has 1 nitrogen and oxygen atoms in total. The van der Waals surface area contributed by atoms with Crippen molar-refractivity contribution in [2.45, 2.75) is 0 Å². The predicted octanol–water partition coefficient (Wildman–Crippen LogP) is 16.0. The number of thiophene rings is 1. The molecule has 0 aliphatic heterocycles. The summed E-state index contributed by atoms with van der Waals surface area (Å²) >= 11 is 1.87. The summed E-state index contributed by atoms with van der Waals surface area (Å²) in [6, 6.07) is 77.7. The third-order valence-corrected chi connectivity index (χ3v) is 12.3. The number of benzene rings is 10. The minimum atomic E-state index is 1.11. The van der Waals surface area contributed by atoms with Crippen molar-refractivity contribution in [3.63, 3.8) is 0 Å². The maximum Gasteiger partial charge on any atom is 0.0468 e. The summed E-state index contributed by atoms with van der Waals surface area (Å²) in [5.74, 6) is 0. The molecule has 10 aromatic carbocycles. The van der Waals surface area contributed by atoms with E-state index in [-0.39, 0.29) is 0 Å². The lowest BCUT2D eigenvalue weighted by molar-refractivity contribution is 1.29. The molecule has 56 heavy (non-hydrogen) atoms. The van der Waals surface area contributed by atoms with Gasteiger partial charge >= 0.3 is 0 Å². The molecule has 262 valence electrons. The standard InChI is InChI=1S/C54H35NS/c1-2-11-36(12-3-1)37-25-28-44(29-26-37)55(46-30-27-41-33-52-50-19-8-9-20-53(50)56-54(52)35-43(41)32-46)45-15-10-14-40(31-45)38-21-23-39(24-22-38)51-34-42-13-4-5-16-47(42)48-17-6-7-18-49(48)51/h1-35H. The van der Waals surface area contributed by atoms with Crippen LogP contribution < -0.4 is 4.90 Å². The maximum absolute atomic E-state index is 2.39. The van der Waals surface area contributed by atoms with E-state index >= 15 is 0 Å². The van der Waals surface area contributed by atoms with Crippen molar-refractivity contribution in [1.82, 2.24) is 0 Å². The van der Waals surface area contributed by atoms with Gasteiger partial charge in [0.2, 0.25) is 0 Å². The average Bonchev–Trinajstić information content (AvgIpc) is 3.63. The van der Waals surface area contributed by atoms with Gasteiger partial charge in [0.15, 0.2) is 0 Å². The molecule has 0 N–H and O–H groups in total. The molecule has 1 heterocycles. The molecule has 11 rings (SSSR count). The molecular weight excluding hydrogens is 695 g/mol. The zero-order chi connectivity index (χ0) is 37.0. The Hall–Kier alpha value is -7.00. The molecule has 0 radical (unpaired) electrons. The van der Waals surface area contributed by atoms with E-state index in [0.29, 0.717) is 0 Å². The van der Waals surface area contributed by atoms with Crippen LogP contribution in [0.15, 0.2) is 212 Å². The minimum absolute atomic E-state index is 1.11. The van der Waals surface area contributed by atoms with Crippen LogP contribution in [-0.4, -0.2) is 0 Å². The van der Waals surface area contributed by atoms with Crippen molar-refractivity contribution in [2.75, 3.05) is 4.90 Å². The van der Waals surface area contributed by atoms with E-state index in [4.69, 9.17) is 0 Å². The number of anilines is 3. The van der Waals surface area contributed by atoms with Gasteiger partial charge in [0.05, 0.1) is 0 Å². The molecule has 0 aliphatic carbocycles. The van der Waals surface area contributed by atoms with Gasteiger partial charge < -0.3 is 4.90 Å². The van der Waals surface area contributed by atoms with E-state index < -0.39 is 0 Å². The smallest absolute Gasteiger partial charge is 0.0468 e. The molecule has 0 fully saturated rings. The number of fused-ring (bicyclic) bond motifs is 7. The van der Waals surface area contributed by atoms with E-state index in [1.807, 2.05) is 11.3 Å². The first-order chi connectivity index (χ1) is 27.7. The van der Waals surface area contributed by atoms with E-state index in [1.54, 1.807) is 0 Å². The Labute approximate surface area is 330 Å². The average molecular weight is 730 g/mol. The normalized spacial score (nSPS) is 11.6. The number of hydrogen-bond acceptors (Lipinski definition) is 2. The Morgan fingerprint density at radius 3 is 1.71 bits per heavy atom. The molecule has 0 saturated carbocycles. The fraction of sp³-hybridized carbons (Fsp3) is 0. The largest absolute Gasteiger partial charge is 0.310 e. The van der Waals surface area contributed by atoms with Gasteiger partial charge in [-0.05, 0) is 126 Å². The maximum atomic E-state index is 2.39. The van der Waals surface area contributed by atoms with Crippen LogP contribution in [0.3, 0.4) is 0 Å². The summed E-state index contributed by atoms with van der Waals surface area (Å²) in [5, 5.41) is 10.3. The SMILES string of the molecule is c1ccc(-c2ccc(N(c3cccc(-c4ccc(-c5cc6ccccc6c6ccccc56)cc4)c3)c3ccc4cc5c(cc4c3)sc3ccccc35)cc2)cc1. The molecule has 11 aromatic rings. The lowest BCUT2D eigenvalue weighted by Gasteiger charge is -2.26. The zero-order valence-corrected chi connectivity index (χ0v) is 31.4. The monoisotopic (exact) mass is 729 g/mol. The lowest BCUT2D eigenvalue weighted by atomic mass is 9.92. The topological polar surface area (TPSA) is 3.24 Å². The molecule has 0 saturated heterocycles. The van der Waals surface area contributed by atoms with Crippen LogP contribution in [0.5, 0.6) is 0 Å². The van der Waals surface area contributed by atoms with Crippen molar-refractivity contribution in [1.29, 1.82) is 0 Å². The van der Waals surface area contributed by atoms with E-state index in [2.05, 4.69) is 217 Å². The Morgan fingerprint density at radius 2 is 0.875 bits per heavy atom. The van der Waals surface area contributed by atoms with Crippen LogP contribution in [0.1, 0.15) is 0 Å². The van der Waals surface area contributed by atoms with Gasteiger partial charge in [0.1, 0.15) is 0 Å². The first kappa shape index (κ1) is 32.4. The molecule has 0 bridgehead atoms. The third-order valence-electron chi connectivity index (χ3n) is 11.2. The molecule has 1 aromatic heterocycles. The summed E-state index contributed by atoms with van der Waals surface area (Å²) in [5.41, 5.74) is 10.6. The van der Waals surface area contributed by atoms with Crippen LogP contribution >= 0.6 is 11.3 Å². The zero-order valence-electron chi connectivity index (χ0n) is 30.6.